The fourth-order valence-corrected chi connectivity index (χ4v) is 4.30. The third-order valence-electron chi connectivity index (χ3n) is 5.56. The molecule has 1 saturated carbocycles. The van der Waals surface area contributed by atoms with E-state index in [0.717, 1.165) is 41.9 Å². The SMILES string of the molecule is C[C@@H]1CCN(C(=O)c2ccc3n[nH]nc3c2)[C@@H]2CCCC[C@@H]12. The minimum absolute atomic E-state index is 0.161. The topological polar surface area (TPSA) is 61.9 Å². The molecule has 1 aromatic carbocycles. The molecule has 1 amide bonds. The van der Waals surface area contributed by atoms with Gasteiger partial charge < -0.3 is 4.90 Å². The third kappa shape index (κ3) is 2.19. The van der Waals surface area contributed by atoms with Gasteiger partial charge in [0, 0.05) is 18.2 Å². The zero-order chi connectivity index (χ0) is 15.1. The molecule has 5 heteroatoms. The van der Waals surface area contributed by atoms with E-state index in [1.807, 2.05) is 18.2 Å². The average Bonchev–Trinajstić information content (AvgIpc) is 3.02. The number of nitrogens with one attached hydrogen (secondary N) is 1. The maximum absolute atomic E-state index is 13.0. The van der Waals surface area contributed by atoms with Crippen molar-refractivity contribution in [3.8, 4) is 0 Å². The number of hydrogen-bond acceptors (Lipinski definition) is 3. The van der Waals surface area contributed by atoms with Crippen LogP contribution in [0.25, 0.3) is 11.0 Å². The predicted octanol–water partition coefficient (Wildman–Crippen LogP) is 3.00. The fraction of sp³-hybridized carbons (Fsp3) is 0.588. The first kappa shape index (κ1) is 13.7. The first-order valence-corrected chi connectivity index (χ1v) is 8.35. The summed E-state index contributed by atoms with van der Waals surface area (Å²) in [4.78, 5) is 15.1. The van der Waals surface area contributed by atoms with Gasteiger partial charge in [0.25, 0.3) is 5.91 Å². The van der Waals surface area contributed by atoms with Crippen molar-refractivity contribution in [2.45, 2.75) is 45.1 Å². The van der Waals surface area contributed by atoms with Crippen molar-refractivity contribution in [1.82, 2.24) is 20.3 Å². The molecule has 5 nitrogen and oxygen atoms in total. The van der Waals surface area contributed by atoms with Gasteiger partial charge in [-0.1, -0.05) is 19.8 Å². The van der Waals surface area contributed by atoms with Gasteiger partial charge in [0.15, 0.2) is 0 Å². The van der Waals surface area contributed by atoms with Gasteiger partial charge in [-0.05, 0) is 49.3 Å². The molecule has 1 aliphatic carbocycles. The molecule has 0 radical (unpaired) electrons. The molecule has 0 bridgehead atoms. The Morgan fingerprint density at radius 1 is 1.18 bits per heavy atom. The molecule has 1 saturated heterocycles. The van der Waals surface area contributed by atoms with Gasteiger partial charge in [0.05, 0.1) is 0 Å². The van der Waals surface area contributed by atoms with Crippen molar-refractivity contribution in [1.29, 1.82) is 0 Å². The van der Waals surface area contributed by atoms with Gasteiger partial charge >= 0.3 is 0 Å². The summed E-state index contributed by atoms with van der Waals surface area (Å²) in [6.07, 6.45) is 6.13. The largest absolute Gasteiger partial charge is 0.335 e. The Labute approximate surface area is 130 Å². The Kier molecular flexibility index (Phi) is 3.36. The Morgan fingerprint density at radius 2 is 2.00 bits per heavy atom. The standard InChI is InChI=1S/C17H22N4O/c1-11-8-9-21(16-5-3-2-4-13(11)16)17(22)12-6-7-14-15(10-12)19-20-18-14/h6-7,10-11,13,16H,2-5,8-9H2,1H3,(H,18,19,20)/t11-,13+,16-/m1/s1. The van der Waals surface area contributed by atoms with Crippen molar-refractivity contribution in [3.63, 3.8) is 0 Å². The quantitative estimate of drug-likeness (QED) is 0.880. The molecular weight excluding hydrogens is 276 g/mol. The minimum Gasteiger partial charge on any atom is -0.335 e. The summed E-state index contributed by atoms with van der Waals surface area (Å²) in [5.74, 6) is 1.59. The van der Waals surface area contributed by atoms with Gasteiger partial charge in [-0.15, -0.1) is 0 Å². The number of rotatable bonds is 1. The lowest BCUT2D eigenvalue weighted by molar-refractivity contribution is 0.0218. The highest BCUT2D eigenvalue weighted by Crippen LogP contribution is 2.39. The van der Waals surface area contributed by atoms with Crippen LogP contribution in [0.4, 0.5) is 0 Å². The van der Waals surface area contributed by atoms with Crippen LogP contribution in [0.3, 0.4) is 0 Å². The normalized spacial score (nSPS) is 28.6. The molecule has 2 aliphatic rings. The molecule has 1 aliphatic heterocycles. The molecule has 1 N–H and O–H groups in total. The number of aromatic nitrogens is 3. The second-order valence-corrected chi connectivity index (χ2v) is 6.81. The van der Waals surface area contributed by atoms with Crippen LogP contribution in [0.2, 0.25) is 0 Å². The maximum Gasteiger partial charge on any atom is 0.254 e. The highest BCUT2D eigenvalue weighted by Gasteiger charge is 2.39. The lowest BCUT2D eigenvalue weighted by Crippen LogP contribution is -2.52. The second kappa shape index (κ2) is 5.38. The first-order chi connectivity index (χ1) is 10.7. The van der Waals surface area contributed by atoms with E-state index in [2.05, 4.69) is 27.2 Å². The number of amides is 1. The van der Waals surface area contributed by atoms with E-state index in [1.54, 1.807) is 0 Å². The molecule has 2 heterocycles. The van der Waals surface area contributed by atoms with Crippen LogP contribution in [-0.2, 0) is 0 Å². The van der Waals surface area contributed by atoms with Gasteiger partial charge in [-0.2, -0.15) is 15.4 Å². The molecule has 22 heavy (non-hydrogen) atoms. The molecule has 0 spiro atoms. The zero-order valence-corrected chi connectivity index (χ0v) is 13.0. The summed E-state index contributed by atoms with van der Waals surface area (Å²) in [5.41, 5.74) is 2.30. The average molecular weight is 298 g/mol. The van der Waals surface area contributed by atoms with Crippen LogP contribution in [-0.4, -0.2) is 38.8 Å². The number of likely N-dealkylation sites (tertiary alicyclic amines) is 1. The fourth-order valence-electron chi connectivity index (χ4n) is 4.30. The number of H-pyrrole nitrogens is 1. The number of carbonyl (C=O) groups is 1. The molecule has 116 valence electrons. The highest BCUT2D eigenvalue weighted by atomic mass is 16.2. The molecule has 0 unspecified atom stereocenters. The van der Waals surface area contributed by atoms with E-state index in [9.17, 15) is 4.79 Å². The zero-order valence-electron chi connectivity index (χ0n) is 13.0. The van der Waals surface area contributed by atoms with E-state index in [-0.39, 0.29) is 5.91 Å². The summed E-state index contributed by atoms with van der Waals surface area (Å²) >= 11 is 0. The molecule has 1 aromatic heterocycles. The Bertz CT molecular complexity index is 695. The summed E-state index contributed by atoms with van der Waals surface area (Å²) in [7, 11) is 0. The lowest BCUT2D eigenvalue weighted by atomic mass is 9.72. The Hall–Kier alpha value is -1.91. The summed E-state index contributed by atoms with van der Waals surface area (Å²) in [6.45, 7) is 3.24. The minimum atomic E-state index is 0.161. The van der Waals surface area contributed by atoms with E-state index in [4.69, 9.17) is 0 Å². The number of aromatic amines is 1. The number of benzene rings is 1. The van der Waals surface area contributed by atoms with Crippen LogP contribution in [0, 0.1) is 11.8 Å². The highest BCUT2D eigenvalue weighted by molar-refractivity contribution is 5.97. The molecule has 2 fully saturated rings. The summed E-state index contributed by atoms with van der Waals surface area (Å²) in [5, 5.41) is 10.7. The summed E-state index contributed by atoms with van der Waals surface area (Å²) in [6, 6.07) is 6.04. The van der Waals surface area contributed by atoms with Crippen LogP contribution in [0.1, 0.15) is 49.4 Å². The van der Waals surface area contributed by atoms with E-state index in [0.29, 0.717) is 12.0 Å². The number of piperidine rings is 1. The van der Waals surface area contributed by atoms with Crippen LogP contribution < -0.4 is 0 Å². The molecule has 4 rings (SSSR count). The number of carbonyl (C=O) groups excluding carboxylic acids is 1. The van der Waals surface area contributed by atoms with Gasteiger partial charge in [-0.25, -0.2) is 0 Å². The molecular formula is C17H22N4O. The van der Waals surface area contributed by atoms with Crippen molar-refractivity contribution < 1.29 is 4.79 Å². The van der Waals surface area contributed by atoms with Crippen molar-refractivity contribution in [2.75, 3.05) is 6.54 Å². The molecule has 3 atom stereocenters. The third-order valence-corrected chi connectivity index (χ3v) is 5.56. The first-order valence-electron chi connectivity index (χ1n) is 8.35. The maximum atomic E-state index is 13.0. The molecule has 2 aromatic rings. The lowest BCUT2D eigenvalue weighted by Gasteiger charge is -2.47. The van der Waals surface area contributed by atoms with Gasteiger partial charge in [-0.3, -0.25) is 4.79 Å². The number of nitrogens with zero attached hydrogens (tertiary/aromatic N) is 3. The number of fused-ring (bicyclic) bond motifs is 2. The second-order valence-electron chi connectivity index (χ2n) is 6.81. The van der Waals surface area contributed by atoms with Gasteiger partial charge in [0.1, 0.15) is 11.0 Å². The van der Waals surface area contributed by atoms with Crippen LogP contribution in [0.15, 0.2) is 18.2 Å². The van der Waals surface area contributed by atoms with Crippen molar-refractivity contribution in [2.24, 2.45) is 11.8 Å². The van der Waals surface area contributed by atoms with E-state index < -0.39 is 0 Å². The van der Waals surface area contributed by atoms with Crippen LogP contribution in [0.5, 0.6) is 0 Å². The van der Waals surface area contributed by atoms with E-state index in [1.165, 1.54) is 19.3 Å². The predicted molar refractivity (Wildman–Crippen MR) is 84.5 cm³/mol. The number of hydrogen-bond donors (Lipinski definition) is 1. The Balaban J connectivity index is 1.63. The monoisotopic (exact) mass is 298 g/mol. The van der Waals surface area contributed by atoms with E-state index >= 15 is 0 Å². The van der Waals surface area contributed by atoms with Gasteiger partial charge in [0.2, 0.25) is 0 Å². The summed E-state index contributed by atoms with van der Waals surface area (Å²) < 4.78 is 0. The van der Waals surface area contributed by atoms with Crippen molar-refractivity contribution >= 4 is 16.9 Å². The van der Waals surface area contributed by atoms with Crippen molar-refractivity contribution in [3.05, 3.63) is 23.8 Å². The van der Waals surface area contributed by atoms with Crippen LogP contribution >= 0.6 is 0 Å². The smallest absolute Gasteiger partial charge is 0.254 e. The Morgan fingerprint density at radius 3 is 2.91 bits per heavy atom.